The van der Waals surface area contributed by atoms with E-state index >= 15 is 0 Å². The molecular weight excluding hydrogens is 230 g/mol. The fourth-order valence-electron chi connectivity index (χ4n) is 0.830. The Kier molecular flexibility index (Phi) is 3.53. The Hall–Kier alpha value is -1.27. The van der Waals surface area contributed by atoms with Crippen LogP contribution in [0.5, 0.6) is 0 Å². The lowest BCUT2D eigenvalue weighted by atomic mass is 10.2. The molecule has 1 rings (SSSR count). The quantitative estimate of drug-likeness (QED) is 0.475. The summed E-state index contributed by atoms with van der Waals surface area (Å²) in [6.45, 7) is 0. The molecule has 13 heavy (non-hydrogen) atoms. The Morgan fingerprint density at radius 1 is 1.46 bits per heavy atom. The molecule has 1 amide bonds. The smallest absolute Gasteiger partial charge is 0.252 e. The summed E-state index contributed by atoms with van der Waals surface area (Å²) in [5, 5.41) is 2.59. The average Bonchev–Trinajstić information content (AvgIpc) is 2.19. The summed E-state index contributed by atoms with van der Waals surface area (Å²) in [6, 6.07) is 8.91. The van der Waals surface area contributed by atoms with Crippen LogP contribution in [0.2, 0.25) is 0 Å². The van der Waals surface area contributed by atoms with Crippen LogP contribution in [-0.2, 0) is 0 Å². The van der Waals surface area contributed by atoms with Gasteiger partial charge in [-0.15, -0.1) is 6.42 Å². The van der Waals surface area contributed by atoms with Gasteiger partial charge < -0.3 is 5.32 Å². The van der Waals surface area contributed by atoms with Gasteiger partial charge in [-0.3, -0.25) is 4.79 Å². The maximum Gasteiger partial charge on any atom is 0.252 e. The predicted octanol–water partition coefficient (Wildman–Crippen LogP) is 1.77. The molecule has 0 aliphatic carbocycles. The zero-order valence-corrected chi connectivity index (χ0v) is 8.41. The topological polar surface area (TPSA) is 29.1 Å². The molecule has 2 nitrogen and oxygen atoms in total. The molecule has 1 aromatic rings. The minimum absolute atomic E-state index is 0.180. The van der Waals surface area contributed by atoms with E-state index in [1.807, 2.05) is 6.07 Å². The van der Waals surface area contributed by atoms with Crippen molar-refractivity contribution in [3.05, 3.63) is 35.9 Å². The van der Waals surface area contributed by atoms with Gasteiger partial charge in [0.1, 0.15) is 4.95 Å². The zero-order valence-electron chi connectivity index (χ0n) is 6.83. The number of hydrogen-bond donors (Lipinski definition) is 1. The first kappa shape index (κ1) is 9.82. The second-order valence-corrected chi connectivity index (χ2v) is 3.28. The van der Waals surface area contributed by atoms with Gasteiger partial charge in [-0.05, 0) is 12.1 Å². The Morgan fingerprint density at radius 3 is 2.62 bits per heavy atom. The largest absolute Gasteiger partial charge is 0.329 e. The molecule has 0 aromatic heterocycles. The summed E-state index contributed by atoms with van der Waals surface area (Å²) >= 11 is 3.11. The van der Waals surface area contributed by atoms with Crippen molar-refractivity contribution in [2.75, 3.05) is 0 Å². The molecule has 0 aliphatic rings. The van der Waals surface area contributed by atoms with Crippen molar-refractivity contribution in [2.24, 2.45) is 0 Å². The van der Waals surface area contributed by atoms with Crippen molar-refractivity contribution in [1.29, 1.82) is 0 Å². The van der Waals surface area contributed by atoms with Crippen molar-refractivity contribution < 1.29 is 4.79 Å². The van der Waals surface area contributed by atoms with Crippen LogP contribution in [0.25, 0.3) is 0 Å². The third kappa shape index (κ3) is 2.92. The van der Waals surface area contributed by atoms with E-state index in [9.17, 15) is 4.79 Å². The number of carbonyl (C=O) groups is 1. The van der Waals surface area contributed by atoms with Gasteiger partial charge in [-0.1, -0.05) is 40.0 Å². The fourth-order valence-corrected chi connectivity index (χ4v) is 1.04. The minimum atomic E-state index is -0.416. The monoisotopic (exact) mass is 237 g/mol. The van der Waals surface area contributed by atoms with Gasteiger partial charge in [-0.25, -0.2) is 0 Å². The minimum Gasteiger partial charge on any atom is -0.329 e. The Bertz CT molecular complexity index is 329. The van der Waals surface area contributed by atoms with Gasteiger partial charge in [0.2, 0.25) is 0 Å². The fraction of sp³-hybridized carbons (Fsp3) is 0.100. The van der Waals surface area contributed by atoms with E-state index in [2.05, 4.69) is 27.2 Å². The number of terminal acetylenes is 1. The lowest BCUT2D eigenvalue weighted by Gasteiger charge is -2.05. The highest BCUT2D eigenvalue weighted by molar-refractivity contribution is 9.09. The van der Waals surface area contributed by atoms with Crippen molar-refractivity contribution >= 4 is 21.8 Å². The summed E-state index contributed by atoms with van der Waals surface area (Å²) in [5.74, 6) is 2.17. The number of rotatable bonds is 2. The normalized spacial score (nSPS) is 11.4. The summed E-state index contributed by atoms with van der Waals surface area (Å²) in [7, 11) is 0. The first-order valence-electron chi connectivity index (χ1n) is 3.70. The molecule has 0 aliphatic heterocycles. The first-order valence-corrected chi connectivity index (χ1v) is 4.61. The molecule has 0 saturated heterocycles. The number of halogens is 1. The van der Waals surface area contributed by atoms with Gasteiger partial charge in [0.25, 0.3) is 5.91 Å². The summed E-state index contributed by atoms with van der Waals surface area (Å²) in [4.78, 5) is 11.0. The molecule has 66 valence electrons. The van der Waals surface area contributed by atoms with Crippen LogP contribution in [0.4, 0.5) is 0 Å². The lowest BCUT2D eigenvalue weighted by molar-refractivity contribution is 0.0956. The molecule has 0 heterocycles. The van der Waals surface area contributed by atoms with Crippen LogP contribution in [0.3, 0.4) is 0 Å². The number of nitrogens with one attached hydrogen (secondary N) is 1. The van der Waals surface area contributed by atoms with Crippen LogP contribution < -0.4 is 5.32 Å². The molecule has 0 spiro atoms. The first-order chi connectivity index (χ1) is 6.24. The van der Waals surface area contributed by atoms with Crippen LogP contribution >= 0.6 is 15.9 Å². The molecule has 0 saturated carbocycles. The standard InChI is InChI=1S/C10H8BrNO/c1-2-9(11)12-10(13)8-6-4-3-5-7-8/h1,3-7,9H,(H,12,13). The third-order valence-corrected chi connectivity index (χ3v) is 1.93. The van der Waals surface area contributed by atoms with Gasteiger partial charge in [0, 0.05) is 5.56 Å². The number of amides is 1. The average molecular weight is 238 g/mol. The SMILES string of the molecule is C#CC(Br)NC(=O)c1ccccc1. The van der Waals surface area contributed by atoms with Crippen molar-refractivity contribution in [1.82, 2.24) is 5.32 Å². The maximum absolute atomic E-state index is 11.4. The highest BCUT2D eigenvalue weighted by atomic mass is 79.9. The van der Waals surface area contributed by atoms with E-state index in [1.165, 1.54) is 0 Å². The number of carbonyl (C=O) groups excluding carboxylic acids is 1. The summed E-state index contributed by atoms with van der Waals surface area (Å²) in [5.41, 5.74) is 0.599. The van der Waals surface area contributed by atoms with Crippen molar-refractivity contribution in [3.63, 3.8) is 0 Å². The molecule has 0 fully saturated rings. The van der Waals surface area contributed by atoms with Crippen molar-refractivity contribution in [2.45, 2.75) is 4.95 Å². The molecule has 1 N–H and O–H groups in total. The van der Waals surface area contributed by atoms with E-state index < -0.39 is 4.95 Å². The third-order valence-electron chi connectivity index (χ3n) is 1.44. The number of hydrogen-bond acceptors (Lipinski definition) is 1. The molecule has 0 bridgehead atoms. The second kappa shape index (κ2) is 4.68. The van der Waals surface area contributed by atoms with E-state index in [-0.39, 0.29) is 5.91 Å². The summed E-state index contributed by atoms with van der Waals surface area (Å²) in [6.07, 6.45) is 5.09. The molecule has 1 aromatic carbocycles. The summed E-state index contributed by atoms with van der Waals surface area (Å²) < 4.78 is 0. The van der Waals surface area contributed by atoms with Gasteiger partial charge in [0.05, 0.1) is 0 Å². The zero-order chi connectivity index (χ0) is 9.68. The van der Waals surface area contributed by atoms with Gasteiger partial charge >= 0.3 is 0 Å². The van der Waals surface area contributed by atoms with Crippen LogP contribution in [0.15, 0.2) is 30.3 Å². The Balaban J connectivity index is 2.66. The highest BCUT2D eigenvalue weighted by Gasteiger charge is 2.06. The Labute approximate surface area is 85.5 Å². The number of benzene rings is 1. The second-order valence-electron chi connectivity index (χ2n) is 2.37. The van der Waals surface area contributed by atoms with Gasteiger partial charge in [0.15, 0.2) is 0 Å². The lowest BCUT2D eigenvalue weighted by Crippen LogP contribution is -2.29. The van der Waals surface area contributed by atoms with E-state index in [0.717, 1.165) is 0 Å². The van der Waals surface area contributed by atoms with E-state index in [0.29, 0.717) is 5.56 Å². The molecule has 1 atom stereocenters. The molecular formula is C10H8BrNO. The molecule has 3 heteroatoms. The number of alkyl halides is 1. The van der Waals surface area contributed by atoms with Crippen LogP contribution in [0, 0.1) is 12.3 Å². The van der Waals surface area contributed by atoms with E-state index in [4.69, 9.17) is 6.42 Å². The predicted molar refractivity (Wildman–Crippen MR) is 55.5 cm³/mol. The maximum atomic E-state index is 11.4. The van der Waals surface area contributed by atoms with Gasteiger partial charge in [-0.2, -0.15) is 0 Å². The molecule has 1 unspecified atom stereocenters. The van der Waals surface area contributed by atoms with Crippen LogP contribution in [0.1, 0.15) is 10.4 Å². The Morgan fingerprint density at radius 2 is 2.08 bits per heavy atom. The highest BCUT2D eigenvalue weighted by Crippen LogP contribution is 2.00. The van der Waals surface area contributed by atoms with Crippen molar-refractivity contribution in [3.8, 4) is 12.3 Å². The van der Waals surface area contributed by atoms with E-state index in [1.54, 1.807) is 24.3 Å². The van der Waals surface area contributed by atoms with Crippen LogP contribution in [-0.4, -0.2) is 10.9 Å². The molecule has 0 radical (unpaired) electrons.